The van der Waals surface area contributed by atoms with Gasteiger partial charge in [-0.1, -0.05) is 18.2 Å². The SMILES string of the molecule is O=C(NC1CCC(c2nc3ccccc3[nH]2)CC1)N1CCC(Cc2cccnc2)CC1. The van der Waals surface area contributed by atoms with Crippen LogP contribution in [0.2, 0.25) is 0 Å². The average Bonchev–Trinajstić information content (AvgIpc) is 3.25. The Bertz CT molecular complexity index is 968. The van der Waals surface area contributed by atoms with Crippen LogP contribution < -0.4 is 5.32 Å². The van der Waals surface area contributed by atoms with Gasteiger partial charge in [0.25, 0.3) is 0 Å². The lowest BCUT2D eigenvalue weighted by atomic mass is 9.85. The molecule has 1 aliphatic carbocycles. The van der Waals surface area contributed by atoms with Gasteiger partial charge < -0.3 is 15.2 Å². The van der Waals surface area contributed by atoms with Gasteiger partial charge in [-0.05, 0) is 74.6 Å². The van der Waals surface area contributed by atoms with Crippen molar-refractivity contribution in [1.29, 1.82) is 0 Å². The Labute approximate surface area is 183 Å². The highest BCUT2D eigenvalue weighted by atomic mass is 16.2. The van der Waals surface area contributed by atoms with Crippen molar-refractivity contribution in [3.8, 4) is 0 Å². The summed E-state index contributed by atoms with van der Waals surface area (Å²) in [6.45, 7) is 1.70. The van der Waals surface area contributed by atoms with Crippen LogP contribution in [0.5, 0.6) is 0 Å². The minimum absolute atomic E-state index is 0.118. The number of hydrogen-bond acceptors (Lipinski definition) is 3. The van der Waals surface area contributed by atoms with E-state index in [0.717, 1.165) is 74.9 Å². The number of hydrogen-bond donors (Lipinski definition) is 2. The van der Waals surface area contributed by atoms with Crippen molar-refractivity contribution in [2.75, 3.05) is 13.1 Å². The predicted molar refractivity (Wildman–Crippen MR) is 122 cm³/mol. The first-order chi connectivity index (χ1) is 15.2. The molecule has 1 aliphatic heterocycles. The van der Waals surface area contributed by atoms with Crippen LogP contribution in [0.4, 0.5) is 4.79 Å². The summed E-state index contributed by atoms with van der Waals surface area (Å²) in [5.74, 6) is 2.21. The van der Waals surface area contributed by atoms with Gasteiger partial charge in [-0.15, -0.1) is 0 Å². The Balaban J connectivity index is 1.07. The summed E-state index contributed by atoms with van der Waals surface area (Å²) in [6.07, 6.45) is 11.2. The quantitative estimate of drug-likeness (QED) is 0.649. The molecule has 0 atom stereocenters. The third-order valence-electron chi connectivity index (χ3n) is 7.00. The maximum atomic E-state index is 12.8. The number of aromatic nitrogens is 3. The number of pyridine rings is 1. The minimum atomic E-state index is 0.118. The average molecular weight is 418 g/mol. The zero-order chi connectivity index (χ0) is 21.0. The van der Waals surface area contributed by atoms with Crippen molar-refractivity contribution in [3.63, 3.8) is 0 Å². The van der Waals surface area contributed by atoms with E-state index in [9.17, 15) is 4.79 Å². The number of H-pyrrole nitrogens is 1. The van der Waals surface area contributed by atoms with Crippen molar-refractivity contribution >= 4 is 17.1 Å². The van der Waals surface area contributed by atoms with Crippen molar-refractivity contribution < 1.29 is 4.79 Å². The van der Waals surface area contributed by atoms with E-state index >= 15 is 0 Å². The maximum absolute atomic E-state index is 12.8. The molecule has 0 spiro atoms. The number of benzene rings is 1. The van der Waals surface area contributed by atoms with Gasteiger partial charge in [0.05, 0.1) is 11.0 Å². The first kappa shape index (κ1) is 20.0. The number of nitrogens with one attached hydrogen (secondary N) is 2. The standard InChI is InChI=1S/C25H31N5O/c31-25(30-14-11-18(12-15-30)16-19-4-3-13-26-17-19)27-21-9-7-20(8-10-21)24-28-22-5-1-2-6-23(22)29-24/h1-6,13,17-18,20-21H,7-12,14-16H2,(H,27,31)(H,28,29). The van der Waals surface area contributed by atoms with E-state index in [1.807, 2.05) is 35.5 Å². The number of rotatable bonds is 4. The van der Waals surface area contributed by atoms with Crippen LogP contribution in [0.25, 0.3) is 11.0 Å². The van der Waals surface area contributed by atoms with Crippen molar-refractivity contribution in [1.82, 2.24) is 25.2 Å². The third-order valence-corrected chi connectivity index (χ3v) is 7.00. The van der Waals surface area contributed by atoms with Gasteiger partial charge >= 0.3 is 6.03 Å². The number of carbonyl (C=O) groups excluding carboxylic acids is 1. The molecular formula is C25H31N5O. The molecule has 5 rings (SSSR count). The van der Waals surface area contributed by atoms with Gasteiger partial charge in [-0.2, -0.15) is 0 Å². The normalized spacial score (nSPS) is 22.5. The number of amides is 2. The summed E-state index contributed by atoms with van der Waals surface area (Å²) in [5, 5.41) is 3.30. The fourth-order valence-electron chi connectivity index (χ4n) is 5.14. The zero-order valence-corrected chi connectivity index (χ0v) is 18.0. The Morgan fingerprint density at radius 2 is 1.84 bits per heavy atom. The van der Waals surface area contributed by atoms with E-state index in [0.29, 0.717) is 11.8 Å². The second kappa shape index (κ2) is 9.08. The van der Waals surface area contributed by atoms with E-state index in [2.05, 4.69) is 33.5 Å². The second-order valence-corrected chi connectivity index (χ2v) is 9.13. The van der Waals surface area contributed by atoms with Crippen molar-refractivity contribution in [3.05, 3.63) is 60.2 Å². The lowest BCUT2D eigenvalue weighted by Gasteiger charge is -2.34. The molecule has 6 heteroatoms. The Kier molecular flexibility index (Phi) is 5.87. The van der Waals surface area contributed by atoms with Crippen LogP contribution in [0, 0.1) is 5.92 Å². The van der Waals surface area contributed by atoms with E-state index in [-0.39, 0.29) is 12.1 Å². The molecule has 3 aromatic rings. The van der Waals surface area contributed by atoms with Crippen LogP contribution in [-0.2, 0) is 6.42 Å². The molecule has 2 fully saturated rings. The molecule has 3 heterocycles. The molecular weight excluding hydrogens is 386 g/mol. The summed E-state index contributed by atoms with van der Waals surface area (Å²) >= 11 is 0. The number of urea groups is 1. The smallest absolute Gasteiger partial charge is 0.317 e. The molecule has 1 saturated heterocycles. The Hall–Kier alpha value is -2.89. The van der Waals surface area contributed by atoms with E-state index in [1.165, 1.54) is 5.56 Å². The molecule has 2 N–H and O–H groups in total. The number of imidazole rings is 1. The number of nitrogens with zero attached hydrogens (tertiary/aromatic N) is 3. The second-order valence-electron chi connectivity index (χ2n) is 9.13. The van der Waals surface area contributed by atoms with Gasteiger partial charge in [0.1, 0.15) is 5.82 Å². The molecule has 2 amide bonds. The Morgan fingerprint density at radius 1 is 1.03 bits per heavy atom. The fraction of sp³-hybridized carbons (Fsp3) is 0.480. The zero-order valence-electron chi connectivity index (χ0n) is 18.0. The summed E-state index contributed by atoms with van der Waals surface area (Å²) in [6, 6.07) is 12.8. The van der Waals surface area contributed by atoms with E-state index in [1.54, 1.807) is 0 Å². The molecule has 1 aromatic carbocycles. The van der Waals surface area contributed by atoms with Crippen LogP contribution in [-0.4, -0.2) is 45.0 Å². The van der Waals surface area contributed by atoms with Crippen LogP contribution in [0.15, 0.2) is 48.8 Å². The topological polar surface area (TPSA) is 73.9 Å². The lowest BCUT2D eigenvalue weighted by Crippen LogP contribution is -2.48. The lowest BCUT2D eigenvalue weighted by molar-refractivity contribution is 0.163. The van der Waals surface area contributed by atoms with Crippen molar-refractivity contribution in [2.45, 2.75) is 56.9 Å². The van der Waals surface area contributed by atoms with E-state index in [4.69, 9.17) is 4.98 Å². The van der Waals surface area contributed by atoms with Gasteiger partial charge in [-0.3, -0.25) is 4.98 Å². The maximum Gasteiger partial charge on any atom is 0.317 e. The van der Waals surface area contributed by atoms with Gasteiger partial charge in [0, 0.05) is 37.4 Å². The largest absolute Gasteiger partial charge is 0.342 e. The number of piperidine rings is 1. The highest BCUT2D eigenvalue weighted by Gasteiger charge is 2.28. The van der Waals surface area contributed by atoms with Gasteiger partial charge in [0.2, 0.25) is 0 Å². The first-order valence-electron chi connectivity index (χ1n) is 11.6. The summed E-state index contributed by atoms with van der Waals surface area (Å²) in [7, 11) is 0. The fourth-order valence-corrected chi connectivity index (χ4v) is 5.14. The number of para-hydroxylation sites is 2. The molecule has 1 saturated carbocycles. The van der Waals surface area contributed by atoms with Crippen molar-refractivity contribution in [2.24, 2.45) is 5.92 Å². The monoisotopic (exact) mass is 417 g/mol. The number of aromatic amines is 1. The predicted octanol–water partition coefficient (Wildman–Crippen LogP) is 4.65. The number of likely N-dealkylation sites (tertiary alicyclic amines) is 1. The molecule has 6 nitrogen and oxygen atoms in total. The van der Waals surface area contributed by atoms with Gasteiger partial charge in [0.15, 0.2) is 0 Å². The first-order valence-corrected chi connectivity index (χ1v) is 11.6. The van der Waals surface area contributed by atoms with Crippen LogP contribution in [0.3, 0.4) is 0 Å². The van der Waals surface area contributed by atoms with Crippen LogP contribution in [0.1, 0.15) is 55.8 Å². The highest BCUT2D eigenvalue weighted by molar-refractivity contribution is 5.75. The number of carbonyl (C=O) groups is 1. The molecule has 31 heavy (non-hydrogen) atoms. The summed E-state index contributed by atoms with van der Waals surface area (Å²) in [5.41, 5.74) is 3.45. The summed E-state index contributed by atoms with van der Waals surface area (Å²) in [4.78, 5) is 27.3. The molecule has 0 unspecified atom stereocenters. The van der Waals surface area contributed by atoms with Gasteiger partial charge in [-0.25, -0.2) is 9.78 Å². The van der Waals surface area contributed by atoms with Crippen LogP contribution >= 0.6 is 0 Å². The minimum Gasteiger partial charge on any atom is -0.342 e. The summed E-state index contributed by atoms with van der Waals surface area (Å²) < 4.78 is 0. The molecule has 2 aliphatic rings. The molecule has 0 radical (unpaired) electrons. The highest BCUT2D eigenvalue weighted by Crippen LogP contribution is 2.32. The van der Waals surface area contributed by atoms with E-state index < -0.39 is 0 Å². The molecule has 2 aromatic heterocycles. The Morgan fingerprint density at radius 3 is 2.58 bits per heavy atom. The molecule has 0 bridgehead atoms. The number of fused-ring (bicyclic) bond motifs is 1. The third kappa shape index (κ3) is 4.73. The molecule has 162 valence electrons.